The maximum absolute atomic E-state index is 13.0. The van der Waals surface area contributed by atoms with Crippen LogP contribution in [-0.4, -0.2) is 22.3 Å². The molecule has 0 aliphatic rings. The number of carbonyl (C=O) groups is 3. The van der Waals surface area contributed by atoms with Crippen molar-refractivity contribution in [1.29, 1.82) is 0 Å². The molecule has 0 aliphatic heterocycles. The number of carbonyl (C=O) groups excluding carboxylic acids is 3. The number of halogens is 2. The highest BCUT2D eigenvalue weighted by Crippen LogP contribution is 2.25. The lowest BCUT2D eigenvalue weighted by atomic mass is 10.1. The normalized spacial score (nSPS) is 11.0. The molecule has 0 atom stereocenters. The molecule has 3 amide bonds. The van der Waals surface area contributed by atoms with Crippen LogP contribution in [0.3, 0.4) is 0 Å². The highest BCUT2D eigenvalue weighted by atomic mass is 79.9. The van der Waals surface area contributed by atoms with E-state index >= 15 is 0 Å². The molecule has 3 N–H and O–H groups in total. The standard InChI is InChI=1S/C28H26BrClN4O3/c1-16(2)26(35)31-15-17-4-10-23(30)22(12-17)27(36)33-21-9-11-24-18(13-21)14-25(34(24)3)28(37)32-20-7-5-19(29)6-8-20/h4-14,16H,15H2,1-3H3,(H,31,35)(H,32,37)(H,33,36). The third kappa shape index (κ3) is 6.21. The summed E-state index contributed by atoms with van der Waals surface area (Å²) >= 11 is 9.69. The Morgan fingerprint density at radius 1 is 0.892 bits per heavy atom. The van der Waals surface area contributed by atoms with Crippen molar-refractivity contribution >= 4 is 67.5 Å². The van der Waals surface area contributed by atoms with Crippen LogP contribution >= 0.6 is 27.5 Å². The van der Waals surface area contributed by atoms with Crippen molar-refractivity contribution in [2.45, 2.75) is 20.4 Å². The number of nitrogens with zero attached hydrogens (tertiary/aromatic N) is 1. The average molecular weight is 582 g/mol. The Hall–Kier alpha value is -3.62. The molecule has 3 aromatic carbocycles. The second-order valence-electron chi connectivity index (χ2n) is 8.96. The summed E-state index contributed by atoms with van der Waals surface area (Å²) in [6.45, 7) is 3.94. The van der Waals surface area contributed by atoms with Crippen molar-refractivity contribution in [2.75, 3.05) is 10.6 Å². The van der Waals surface area contributed by atoms with E-state index in [0.29, 0.717) is 34.2 Å². The van der Waals surface area contributed by atoms with Crippen molar-refractivity contribution in [3.63, 3.8) is 0 Å². The third-order valence-corrected chi connectivity index (χ3v) is 6.76. The summed E-state index contributed by atoms with van der Waals surface area (Å²) in [4.78, 5) is 37.8. The minimum Gasteiger partial charge on any atom is -0.352 e. The fraction of sp³-hybridized carbons (Fsp3) is 0.179. The number of hydrogen-bond acceptors (Lipinski definition) is 3. The molecule has 0 spiro atoms. The average Bonchev–Trinajstić information content (AvgIpc) is 3.20. The molecule has 1 aromatic heterocycles. The number of rotatable bonds is 7. The van der Waals surface area contributed by atoms with Crippen LogP contribution in [0.4, 0.5) is 11.4 Å². The summed E-state index contributed by atoms with van der Waals surface area (Å²) in [5, 5.41) is 9.73. The first kappa shape index (κ1) is 26.4. The summed E-state index contributed by atoms with van der Waals surface area (Å²) in [7, 11) is 1.82. The molecule has 9 heteroatoms. The number of benzene rings is 3. The van der Waals surface area contributed by atoms with Crippen molar-refractivity contribution in [3.8, 4) is 0 Å². The van der Waals surface area contributed by atoms with E-state index in [4.69, 9.17) is 11.6 Å². The van der Waals surface area contributed by atoms with E-state index in [1.807, 2.05) is 57.3 Å². The van der Waals surface area contributed by atoms with Crippen LogP contribution in [0.2, 0.25) is 5.02 Å². The summed E-state index contributed by atoms with van der Waals surface area (Å²) in [6, 6.07) is 19.6. The smallest absolute Gasteiger partial charge is 0.272 e. The van der Waals surface area contributed by atoms with Crippen molar-refractivity contribution in [3.05, 3.63) is 93.0 Å². The van der Waals surface area contributed by atoms with Gasteiger partial charge in [0.1, 0.15) is 5.69 Å². The van der Waals surface area contributed by atoms with E-state index in [-0.39, 0.29) is 23.6 Å². The monoisotopic (exact) mass is 580 g/mol. The minimum atomic E-state index is -0.370. The first-order chi connectivity index (χ1) is 17.6. The fourth-order valence-electron chi connectivity index (χ4n) is 3.82. The number of amides is 3. The zero-order valence-corrected chi connectivity index (χ0v) is 22.9. The van der Waals surface area contributed by atoms with Gasteiger partial charge in [0.25, 0.3) is 11.8 Å². The topological polar surface area (TPSA) is 92.2 Å². The number of hydrogen-bond donors (Lipinski definition) is 3. The van der Waals surface area contributed by atoms with Gasteiger partial charge in [0, 0.05) is 46.3 Å². The molecular formula is C28H26BrClN4O3. The van der Waals surface area contributed by atoms with E-state index in [9.17, 15) is 14.4 Å². The van der Waals surface area contributed by atoms with Gasteiger partial charge in [0.2, 0.25) is 5.91 Å². The lowest BCUT2D eigenvalue weighted by Gasteiger charge is -2.11. The van der Waals surface area contributed by atoms with Gasteiger partial charge >= 0.3 is 0 Å². The lowest BCUT2D eigenvalue weighted by Crippen LogP contribution is -2.27. The van der Waals surface area contributed by atoms with E-state index in [2.05, 4.69) is 31.9 Å². The second kappa shape index (κ2) is 11.2. The first-order valence-electron chi connectivity index (χ1n) is 11.7. The summed E-state index contributed by atoms with van der Waals surface area (Å²) in [5.41, 5.74) is 3.66. The van der Waals surface area contributed by atoms with Crippen LogP contribution in [0.25, 0.3) is 10.9 Å². The molecule has 4 rings (SSSR count). The second-order valence-corrected chi connectivity index (χ2v) is 10.3. The highest BCUT2D eigenvalue weighted by molar-refractivity contribution is 9.10. The van der Waals surface area contributed by atoms with Gasteiger partial charge in [-0.3, -0.25) is 14.4 Å². The van der Waals surface area contributed by atoms with Crippen LogP contribution in [0.1, 0.15) is 40.3 Å². The van der Waals surface area contributed by atoms with Crippen molar-refractivity contribution in [2.24, 2.45) is 13.0 Å². The first-order valence-corrected chi connectivity index (χ1v) is 12.8. The van der Waals surface area contributed by atoms with Gasteiger partial charge in [0.15, 0.2) is 0 Å². The van der Waals surface area contributed by atoms with Gasteiger partial charge in [0.05, 0.1) is 10.6 Å². The number of aromatic nitrogens is 1. The number of nitrogens with one attached hydrogen (secondary N) is 3. The maximum Gasteiger partial charge on any atom is 0.272 e. The zero-order valence-electron chi connectivity index (χ0n) is 20.6. The Labute approximate surface area is 228 Å². The van der Waals surface area contributed by atoms with Crippen LogP contribution in [0.15, 0.2) is 71.2 Å². The van der Waals surface area contributed by atoms with Crippen LogP contribution in [0.5, 0.6) is 0 Å². The summed E-state index contributed by atoms with van der Waals surface area (Å²) < 4.78 is 2.73. The summed E-state index contributed by atoms with van der Waals surface area (Å²) in [5.74, 6) is -0.803. The van der Waals surface area contributed by atoms with Crippen LogP contribution < -0.4 is 16.0 Å². The van der Waals surface area contributed by atoms with E-state index in [1.54, 1.807) is 34.9 Å². The zero-order chi connectivity index (χ0) is 26.7. The molecule has 4 aromatic rings. The number of fused-ring (bicyclic) bond motifs is 1. The Bertz CT molecular complexity index is 1500. The molecule has 0 saturated heterocycles. The molecule has 1 heterocycles. The molecule has 37 heavy (non-hydrogen) atoms. The highest BCUT2D eigenvalue weighted by Gasteiger charge is 2.16. The predicted molar refractivity (Wildman–Crippen MR) is 151 cm³/mol. The molecular weight excluding hydrogens is 556 g/mol. The Morgan fingerprint density at radius 3 is 2.27 bits per heavy atom. The summed E-state index contributed by atoms with van der Waals surface area (Å²) in [6.07, 6.45) is 0. The Balaban J connectivity index is 1.51. The largest absolute Gasteiger partial charge is 0.352 e. The lowest BCUT2D eigenvalue weighted by molar-refractivity contribution is -0.124. The van der Waals surface area contributed by atoms with E-state index < -0.39 is 0 Å². The van der Waals surface area contributed by atoms with Crippen molar-refractivity contribution in [1.82, 2.24) is 9.88 Å². The van der Waals surface area contributed by atoms with E-state index in [0.717, 1.165) is 20.9 Å². The quantitative estimate of drug-likeness (QED) is 0.237. The van der Waals surface area contributed by atoms with Gasteiger partial charge in [-0.2, -0.15) is 0 Å². The van der Waals surface area contributed by atoms with E-state index in [1.165, 1.54) is 0 Å². The molecule has 190 valence electrons. The van der Waals surface area contributed by atoms with Gasteiger partial charge in [-0.15, -0.1) is 0 Å². The molecule has 0 aliphatic carbocycles. The van der Waals surface area contributed by atoms with Crippen LogP contribution in [0, 0.1) is 5.92 Å². The van der Waals surface area contributed by atoms with Gasteiger partial charge in [-0.1, -0.05) is 47.4 Å². The van der Waals surface area contributed by atoms with Crippen LogP contribution in [-0.2, 0) is 18.4 Å². The molecule has 0 radical (unpaired) electrons. The minimum absolute atomic E-state index is 0.0676. The predicted octanol–water partition coefficient (Wildman–Crippen LogP) is 6.37. The molecule has 0 fully saturated rings. The Kier molecular flexibility index (Phi) is 8.00. The Morgan fingerprint density at radius 2 is 1.57 bits per heavy atom. The fourth-order valence-corrected chi connectivity index (χ4v) is 4.29. The van der Waals surface area contributed by atoms with Gasteiger partial charge in [-0.25, -0.2) is 0 Å². The van der Waals surface area contributed by atoms with Crippen molar-refractivity contribution < 1.29 is 14.4 Å². The SMILES string of the molecule is CC(C)C(=O)NCc1ccc(Cl)c(C(=O)Nc2ccc3c(c2)cc(C(=O)Nc2ccc(Br)cc2)n3C)c1. The molecule has 0 bridgehead atoms. The number of aryl methyl sites for hydroxylation is 1. The molecule has 7 nitrogen and oxygen atoms in total. The molecule has 0 unspecified atom stereocenters. The maximum atomic E-state index is 13.0. The molecule has 0 saturated carbocycles. The number of anilines is 2. The van der Waals surface area contributed by atoms with Gasteiger partial charge in [-0.05, 0) is 66.2 Å². The third-order valence-electron chi connectivity index (χ3n) is 5.90. The van der Waals surface area contributed by atoms with Gasteiger partial charge < -0.3 is 20.5 Å².